The zero-order valence-corrected chi connectivity index (χ0v) is 4.67. The average Bonchev–Trinajstić information content (AvgIpc) is 2.22. The van der Waals surface area contributed by atoms with Gasteiger partial charge >= 0.3 is 0 Å². The summed E-state index contributed by atoms with van der Waals surface area (Å²) >= 11 is 0. The fourth-order valence-corrected chi connectivity index (χ4v) is 1.59. The van der Waals surface area contributed by atoms with E-state index in [0.29, 0.717) is 5.92 Å². The van der Waals surface area contributed by atoms with E-state index in [0.717, 1.165) is 11.8 Å². The maximum Gasteiger partial charge on any atom is 0.0303 e. The van der Waals surface area contributed by atoms with E-state index in [1.807, 2.05) is 0 Å². The third kappa shape index (κ3) is 0.327. The Morgan fingerprint density at radius 1 is 1.62 bits per heavy atom. The molecule has 40 valence electrons. The minimum Gasteiger partial charge on any atom is -0.120 e. The number of hydrogen-bond donors (Lipinski definition) is 0. The first-order valence-electron chi connectivity index (χ1n) is 3.06. The SMILES string of the molecule is C#C[C@@H]1C2CC=C[C@@H]21. The predicted molar refractivity (Wildman–Crippen MR) is 33.1 cm³/mol. The summed E-state index contributed by atoms with van der Waals surface area (Å²) in [6.07, 6.45) is 11.0. The van der Waals surface area contributed by atoms with Gasteiger partial charge in [0.2, 0.25) is 0 Å². The zero-order valence-electron chi connectivity index (χ0n) is 4.67. The van der Waals surface area contributed by atoms with Crippen LogP contribution in [-0.2, 0) is 0 Å². The highest BCUT2D eigenvalue weighted by atomic mass is 14.5. The summed E-state index contributed by atoms with van der Waals surface area (Å²) in [4.78, 5) is 0. The molecule has 0 heterocycles. The lowest BCUT2D eigenvalue weighted by atomic mass is 10.2. The van der Waals surface area contributed by atoms with E-state index in [-0.39, 0.29) is 0 Å². The molecular weight excluding hydrogens is 96.1 g/mol. The molecule has 1 saturated carbocycles. The molecule has 0 saturated heterocycles. The number of rotatable bonds is 0. The summed E-state index contributed by atoms with van der Waals surface area (Å²) < 4.78 is 0. The van der Waals surface area contributed by atoms with Crippen molar-refractivity contribution in [2.75, 3.05) is 0 Å². The third-order valence-electron chi connectivity index (χ3n) is 2.19. The van der Waals surface area contributed by atoms with Crippen LogP contribution >= 0.6 is 0 Å². The summed E-state index contributed by atoms with van der Waals surface area (Å²) in [7, 11) is 0. The standard InChI is InChI=1S/C8H8/c1-2-6-7-4-3-5-8(6)7/h1,3-4,6-8H,5H2/t6-,7+,8?/m0/s1. The van der Waals surface area contributed by atoms with Gasteiger partial charge in [0.15, 0.2) is 0 Å². The highest BCUT2D eigenvalue weighted by Gasteiger charge is 2.48. The van der Waals surface area contributed by atoms with Crippen LogP contribution in [0.1, 0.15) is 6.42 Å². The topological polar surface area (TPSA) is 0 Å². The van der Waals surface area contributed by atoms with E-state index < -0.39 is 0 Å². The Balaban J connectivity index is 2.16. The second-order valence-electron chi connectivity index (χ2n) is 2.60. The highest BCUT2D eigenvalue weighted by molar-refractivity contribution is 5.24. The van der Waals surface area contributed by atoms with Crippen LogP contribution in [0.2, 0.25) is 0 Å². The third-order valence-corrected chi connectivity index (χ3v) is 2.19. The van der Waals surface area contributed by atoms with Crippen molar-refractivity contribution >= 4 is 0 Å². The molecular formula is C8H8. The summed E-state index contributed by atoms with van der Waals surface area (Å²) in [6, 6.07) is 0. The van der Waals surface area contributed by atoms with Gasteiger partial charge < -0.3 is 0 Å². The molecule has 0 bridgehead atoms. The van der Waals surface area contributed by atoms with Gasteiger partial charge in [-0.3, -0.25) is 0 Å². The fourth-order valence-electron chi connectivity index (χ4n) is 1.59. The zero-order chi connectivity index (χ0) is 5.56. The average molecular weight is 104 g/mol. The van der Waals surface area contributed by atoms with Crippen molar-refractivity contribution in [3.05, 3.63) is 12.2 Å². The minimum absolute atomic E-state index is 0.611. The van der Waals surface area contributed by atoms with Crippen LogP contribution in [0.15, 0.2) is 12.2 Å². The Morgan fingerprint density at radius 2 is 2.50 bits per heavy atom. The van der Waals surface area contributed by atoms with Gasteiger partial charge in [-0.05, 0) is 18.3 Å². The molecule has 2 aliphatic rings. The van der Waals surface area contributed by atoms with Crippen LogP contribution in [0, 0.1) is 30.1 Å². The number of allylic oxidation sites excluding steroid dienone is 2. The predicted octanol–water partition coefficient (Wildman–Crippen LogP) is 1.44. The van der Waals surface area contributed by atoms with Gasteiger partial charge in [-0.1, -0.05) is 12.2 Å². The molecule has 2 aliphatic carbocycles. The lowest BCUT2D eigenvalue weighted by Crippen LogP contribution is -1.74. The van der Waals surface area contributed by atoms with Crippen molar-refractivity contribution in [2.24, 2.45) is 17.8 Å². The molecule has 0 radical (unpaired) electrons. The molecule has 0 aliphatic heterocycles. The van der Waals surface area contributed by atoms with Crippen LogP contribution < -0.4 is 0 Å². The van der Waals surface area contributed by atoms with E-state index in [2.05, 4.69) is 18.1 Å². The smallest absolute Gasteiger partial charge is 0.0303 e. The Kier molecular flexibility index (Phi) is 0.615. The first kappa shape index (κ1) is 4.21. The Bertz CT molecular complexity index is 171. The Labute approximate surface area is 49.6 Å². The quantitative estimate of drug-likeness (QED) is 0.322. The number of fused-ring (bicyclic) bond motifs is 1. The normalized spacial score (nSPS) is 48.1. The molecule has 2 rings (SSSR count). The van der Waals surface area contributed by atoms with Crippen molar-refractivity contribution in [2.45, 2.75) is 6.42 Å². The first-order chi connectivity index (χ1) is 3.93. The molecule has 0 aromatic heterocycles. The second-order valence-corrected chi connectivity index (χ2v) is 2.60. The summed E-state index contributed by atoms with van der Waals surface area (Å²) in [5, 5.41) is 0. The Hall–Kier alpha value is -0.700. The molecule has 0 aromatic rings. The van der Waals surface area contributed by atoms with Crippen molar-refractivity contribution < 1.29 is 0 Å². The summed E-state index contributed by atoms with van der Waals surface area (Å²) in [6.45, 7) is 0. The van der Waals surface area contributed by atoms with E-state index in [9.17, 15) is 0 Å². The number of terminal acetylenes is 1. The largest absolute Gasteiger partial charge is 0.120 e. The van der Waals surface area contributed by atoms with Gasteiger partial charge in [-0.25, -0.2) is 0 Å². The minimum atomic E-state index is 0.611. The van der Waals surface area contributed by atoms with Gasteiger partial charge in [0.1, 0.15) is 0 Å². The highest BCUT2D eigenvalue weighted by Crippen LogP contribution is 2.52. The molecule has 1 unspecified atom stereocenters. The first-order valence-corrected chi connectivity index (χ1v) is 3.06. The van der Waals surface area contributed by atoms with E-state index in [4.69, 9.17) is 6.42 Å². The molecule has 1 fully saturated rings. The van der Waals surface area contributed by atoms with Gasteiger partial charge in [0, 0.05) is 5.92 Å². The van der Waals surface area contributed by atoms with Gasteiger partial charge in [-0.2, -0.15) is 0 Å². The molecule has 0 nitrogen and oxygen atoms in total. The maximum atomic E-state index is 5.24. The van der Waals surface area contributed by atoms with E-state index >= 15 is 0 Å². The molecule has 3 atom stereocenters. The molecule has 8 heavy (non-hydrogen) atoms. The molecule has 0 N–H and O–H groups in total. The van der Waals surface area contributed by atoms with Crippen LogP contribution in [0.4, 0.5) is 0 Å². The maximum absolute atomic E-state index is 5.24. The van der Waals surface area contributed by atoms with Crippen molar-refractivity contribution in [1.82, 2.24) is 0 Å². The molecule has 0 amide bonds. The van der Waals surface area contributed by atoms with Gasteiger partial charge in [-0.15, -0.1) is 12.3 Å². The van der Waals surface area contributed by atoms with E-state index in [1.54, 1.807) is 0 Å². The number of hydrogen-bond acceptors (Lipinski definition) is 0. The van der Waals surface area contributed by atoms with Crippen LogP contribution in [0.5, 0.6) is 0 Å². The fraction of sp³-hybridized carbons (Fsp3) is 0.500. The van der Waals surface area contributed by atoms with Crippen LogP contribution in [0.3, 0.4) is 0 Å². The molecule has 0 spiro atoms. The van der Waals surface area contributed by atoms with Gasteiger partial charge in [0.05, 0.1) is 0 Å². The molecule has 0 aromatic carbocycles. The van der Waals surface area contributed by atoms with E-state index in [1.165, 1.54) is 6.42 Å². The van der Waals surface area contributed by atoms with Crippen molar-refractivity contribution in [3.63, 3.8) is 0 Å². The summed E-state index contributed by atoms with van der Waals surface area (Å²) in [5.74, 6) is 5.03. The lowest BCUT2D eigenvalue weighted by Gasteiger charge is -1.82. The Morgan fingerprint density at radius 3 is 2.88 bits per heavy atom. The molecule has 0 heteroatoms. The summed E-state index contributed by atoms with van der Waals surface area (Å²) in [5.41, 5.74) is 0. The lowest BCUT2D eigenvalue weighted by molar-refractivity contribution is 0.824. The monoisotopic (exact) mass is 104 g/mol. The van der Waals surface area contributed by atoms with Crippen molar-refractivity contribution in [1.29, 1.82) is 0 Å². The van der Waals surface area contributed by atoms with Crippen molar-refractivity contribution in [3.8, 4) is 12.3 Å². The second kappa shape index (κ2) is 1.17. The van der Waals surface area contributed by atoms with Gasteiger partial charge in [0.25, 0.3) is 0 Å². The van der Waals surface area contributed by atoms with Crippen LogP contribution in [-0.4, -0.2) is 0 Å². The van der Waals surface area contributed by atoms with Crippen LogP contribution in [0.25, 0.3) is 0 Å².